The fourth-order valence-corrected chi connectivity index (χ4v) is 4.17. The molecule has 0 radical (unpaired) electrons. The van der Waals surface area contributed by atoms with Gasteiger partial charge in [-0.25, -0.2) is 9.97 Å². The van der Waals surface area contributed by atoms with Crippen molar-refractivity contribution in [3.8, 4) is 5.75 Å². The van der Waals surface area contributed by atoms with Crippen LogP contribution < -0.4 is 10.1 Å². The number of rotatable bonds is 4. The molecule has 6 nitrogen and oxygen atoms in total. The summed E-state index contributed by atoms with van der Waals surface area (Å²) in [5.41, 5.74) is 3.46. The van der Waals surface area contributed by atoms with Gasteiger partial charge in [0.05, 0.1) is 23.4 Å². The average molecular weight is 425 g/mol. The van der Waals surface area contributed by atoms with Crippen molar-refractivity contribution in [1.82, 2.24) is 14.9 Å². The van der Waals surface area contributed by atoms with Gasteiger partial charge in [0, 0.05) is 35.6 Å². The smallest absolute Gasteiger partial charge is 0.257 e. The minimum atomic E-state index is -0.0146. The summed E-state index contributed by atoms with van der Waals surface area (Å²) in [6.07, 6.45) is 4.82. The molecule has 1 aliphatic rings. The van der Waals surface area contributed by atoms with Crippen molar-refractivity contribution in [2.45, 2.75) is 39.2 Å². The number of nitrogens with one attached hydrogen (secondary N) is 1. The first-order valence-corrected chi connectivity index (χ1v) is 10.5. The van der Waals surface area contributed by atoms with Crippen LogP contribution in [0.5, 0.6) is 5.75 Å². The molecule has 2 aromatic heterocycles. The van der Waals surface area contributed by atoms with Crippen LogP contribution in [0.1, 0.15) is 42.2 Å². The number of halogens is 1. The maximum Gasteiger partial charge on any atom is 0.257 e. The number of likely N-dealkylation sites (tertiary alicyclic amines) is 1. The van der Waals surface area contributed by atoms with E-state index < -0.39 is 0 Å². The highest BCUT2D eigenvalue weighted by atomic mass is 35.5. The third-order valence-corrected chi connectivity index (χ3v) is 5.88. The second-order valence-electron chi connectivity index (χ2n) is 7.69. The van der Waals surface area contributed by atoms with Gasteiger partial charge in [0.15, 0.2) is 5.65 Å². The molecule has 3 aromatic rings. The number of piperidine rings is 1. The van der Waals surface area contributed by atoms with Crippen molar-refractivity contribution in [3.63, 3.8) is 0 Å². The van der Waals surface area contributed by atoms with Gasteiger partial charge in [0.1, 0.15) is 5.75 Å². The number of nitrogens with zero attached hydrogens (tertiary/aromatic N) is 3. The maximum atomic E-state index is 13.5. The van der Waals surface area contributed by atoms with E-state index in [4.69, 9.17) is 16.3 Å². The Balaban J connectivity index is 1.81. The molecule has 1 amide bonds. The van der Waals surface area contributed by atoms with Crippen LogP contribution in [0, 0.1) is 6.92 Å². The Labute approximate surface area is 181 Å². The van der Waals surface area contributed by atoms with Crippen molar-refractivity contribution in [3.05, 3.63) is 52.8 Å². The molecule has 1 aromatic carbocycles. The lowest BCUT2D eigenvalue weighted by atomic mass is 10.0. The molecule has 1 unspecified atom stereocenters. The molecule has 0 bridgehead atoms. The summed E-state index contributed by atoms with van der Waals surface area (Å²) in [4.78, 5) is 24.4. The highest BCUT2D eigenvalue weighted by Gasteiger charge is 2.27. The number of carbonyl (C=O) groups is 1. The molecular formula is C23H25ClN4O2. The fourth-order valence-electron chi connectivity index (χ4n) is 3.91. The summed E-state index contributed by atoms with van der Waals surface area (Å²) in [6, 6.07) is 9.54. The van der Waals surface area contributed by atoms with E-state index in [0.717, 1.165) is 42.6 Å². The average Bonchev–Trinajstić information content (AvgIpc) is 2.74. The Morgan fingerprint density at radius 1 is 1.27 bits per heavy atom. The number of aromatic nitrogens is 2. The van der Waals surface area contributed by atoms with Crippen LogP contribution in [0.15, 0.2) is 36.5 Å². The van der Waals surface area contributed by atoms with Gasteiger partial charge in [0.2, 0.25) is 0 Å². The van der Waals surface area contributed by atoms with Gasteiger partial charge < -0.3 is 15.0 Å². The highest BCUT2D eigenvalue weighted by Crippen LogP contribution is 2.34. The van der Waals surface area contributed by atoms with E-state index in [2.05, 4.69) is 22.2 Å². The molecule has 30 heavy (non-hydrogen) atoms. The second kappa shape index (κ2) is 8.48. The normalized spacial score (nSPS) is 16.5. The van der Waals surface area contributed by atoms with Gasteiger partial charge in [-0.2, -0.15) is 0 Å². The minimum Gasteiger partial charge on any atom is -0.495 e. The predicted molar refractivity (Wildman–Crippen MR) is 120 cm³/mol. The van der Waals surface area contributed by atoms with Crippen LogP contribution >= 0.6 is 11.6 Å². The summed E-state index contributed by atoms with van der Waals surface area (Å²) >= 11 is 6.31. The second-order valence-corrected chi connectivity index (χ2v) is 8.10. The van der Waals surface area contributed by atoms with Crippen molar-refractivity contribution < 1.29 is 9.53 Å². The molecule has 1 fully saturated rings. The summed E-state index contributed by atoms with van der Waals surface area (Å²) in [6.45, 7) is 4.79. The first-order chi connectivity index (χ1) is 14.5. The van der Waals surface area contributed by atoms with Gasteiger partial charge in [-0.1, -0.05) is 11.6 Å². The molecule has 156 valence electrons. The molecular weight excluding hydrogens is 400 g/mol. The van der Waals surface area contributed by atoms with Gasteiger partial charge in [-0.05, 0) is 63.4 Å². The fraction of sp³-hybridized carbons (Fsp3) is 0.348. The van der Waals surface area contributed by atoms with Crippen LogP contribution in [-0.4, -0.2) is 40.5 Å². The van der Waals surface area contributed by atoms with E-state index in [1.54, 1.807) is 25.4 Å². The number of carbonyl (C=O) groups excluding carboxylic acids is 1. The minimum absolute atomic E-state index is 0.0146. The van der Waals surface area contributed by atoms with E-state index in [-0.39, 0.29) is 11.9 Å². The predicted octanol–water partition coefficient (Wildman–Crippen LogP) is 5.36. The number of ether oxygens (including phenoxy) is 1. The van der Waals surface area contributed by atoms with E-state index in [1.807, 2.05) is 30.0 Å². The third kappa shape index (κ3) is 3.92. The number of amides is 1. The quantitative estimate of drug-likeness (QED) is 0.610. The van der Waals surface area contributed by atoms with Crippen LogP contribution in [0.2, 0.25) is 5.02 Å². The first kappa shape index (κ1) is 20.4. The van der Waals surface area contributed by atoms with Crippen LogP contribution in [0.4, 0.5) is 11.4 Å². The molecule has 0 spiro atoms. The number of pyridine rings is 2. The third-order valence-electron chi connectivity index (χ3n) is 5.58. The Morgan fingerprint density at radius 2 is 2.10 bits per heavy atom. The zero-order chi connectivity index (χ0) is 21.3. The first-order valence-electron chi connectivity index (χ1n) is 10.2. The van der Waals surface area contributed by atoms with Gasteiger partial charge in [-0.15, -0.1) is 0 Å². The Kier molecular flexibility index (Phi) is 5.77. The molecule has 1 N–H and O–H groups in total. The van der Waals surface area contributed by atoms with Gasteiger partial charge >= 0.3 is 0 Å². The summed E-state index contributed by atoms with van der Waals surface area (Å²) < 4.78 is 5.25. The van der Waals surface area contributed by atoms with Crippen molar-refractivity contribution >= 4 is 39.9 Å². The summed E-state index contributed by atoms with van der Waals surface area (Å²) in [7, 11) is 1.58. The highest BCUT2D eigenvalue weighted by molar-refractivity contribution is 6.32. The molecule has 7 heteroatoms. The van der Waals surface area contributed by atoms with Crippen molar-refractivity contribution in [2.75, 3.05) is 19.0 Å². The number of hydrogen-bond acceptors (Lipinski definition) is 5. The van der Waals surface area contributed by atoms with E-state index in [1.165, 1.54) is 0 Å². The number of hydrogen-bond donors (Lipinski definition) is 1. The van der Waals surface area contributed by atoms with Gasteiger partial charge in [-0.3, -0.25) is 4.79 Å². The number of anilines is 2. The monoisotopic (exact) mass is 424 g/mol. The van der Waals surface area contributed by atoms with E-state index >= 15 is 0 Å². The van der Waals surface area contributed by atoms with Crippen LogP contribution in [0.25, 0.3) is 11.0 Å². The molecule has 4 rings (SSSR count). The largest absolute Gasteiger partial charge is 0.495 e. The van der Waals surface area contributed by atoms with Crippen molar-refractivity contribution in [1.29, 1.82) is 0 Å². The number of aryl methyl sites for hydroxylation is 1. The number of benzene rings is 1. The molecule has 0 saturated carbocycles. The molecule has 1 saturated heterocycles. The lowest BCUT2D eigenvalue weighted by molar-refractivity contribution is 0.0636. The van der Waals surface area contributed by atoms with E-state index in [0.29, 0.717) is 27.7 Å². The van der Waals surface area contributed by atoms with E-state index in [9.17, 15) is 4.79 Å². The lowest BCUT2D eigenvalue weighted by Crippen LogP contribution is -2.42. The molecule has 0 aliphatic carbocycles. The van der Waals surface area contributed by atoms with Crippen LogP contribution in [-0.2, 0) is 0 Å². The zero-order valence-corrected chi connectivity index (χ0v) is 18.2. The Hall–Kier alpha value is -2.86. The summed E-state index contributed by atoms with van der Waals surface area (Å²) in [5, 5.41) is 4.68. The van der Waals surface area contributed by atoms with Gasteiger partial charge in [0.25, 0.3) is 5.91 Å². The molecule has 1 aliphatic heterocycles. The number of fused-ring (bicyclic) bond motifs is 1. The van der Waals surface area contributed by atoms with Crippen molar-refractivity contribution in [2.24, 2.45) is 0 Å². The van der Waals surface area contributed by atoms with Crippen LogP contribution in [0.3, 0.4) is 0 Å². The standard InChI is InChI=1S/C23H25ClN4O2/c1-14-7-9-17-21(27-16-8-10-20(30-3)19(24)12-16)18(13-25-22(17)26-14)23(29)28-11-5-4-6-15(28)2/h7-10,12-13,15H,4-6,11H2,1-3H3,(H,25,26,27). The summed E-state index contributed by atoms with van der Waals surface area (Å²) in [5.74, 6) is 0.580. The SMILES string of the molecule is COc1ccc(Nc2c(C(=O)N3CCCCC3C)cnc3nc(C)ccc23)cc1Cl. The topological polar surface area (TPSA) is 67.3 Å². The lowest BCUT2D eigenvalue weighted by Gasteiger charge is -2.34. The zero-order valence-electron chi connectivity index (χ0n) is 17.4. The number of methoxy groups -OCH3 is 1. The molecule has 1 atom stereocenters. The molecule has 3 heterocycles. The Morgan fingerprint density at radius 3 is 2.83 bits per heavy atom. The maximum absolute atomic E-state index is 13.5. The Bertz CT molecular complexity index is 1100.